The van der Waals surface area contributed by atoms with E-state index in [9.17, 15) is 4.79 Å². The summed E-state index contributed by atoms with van der Waals surface area (Å²) in [5, 5.41) is 6.99. The molecule has 0 saturated heterocycles. The zero-order chi connectivity index (χ0) is 14.8. The highest BCUT2D eigenvalue weighted by Crippen LogP contribution is 2.40. The normalized spacial score (nSPS) is 15.9. The highest BCUT2D eigenvalue weighted by atomic mass is 35.5. The lowest BCUT2D eigenvalue weighted by atomic mass is 10.1. The van der Waals surface area contributed by atoms with Crippen molar-refractivity contribution >= 4 is 17.5 Å². The smallest absolute Gasteiger partial charge is 0.221 e. The van der Waals surface area contributed by atoms with Crippen molar-refractivity contribution in [1.29, 1.82) is 0 Å². The van der Waals surface area contributed by atoms with Gasteiger partial charge in [-0.25, -0.2) is 4.98 Å². The molecule has 3 rings (SSSR count). The monoisotopic (exact) mass is 308 g/mol. The lowest BCUT2D eigenvalue weighted by Gasteiger charge is -2.17. The Morgan fingerprint density at radius 2 is 2.43 bits per heavy atom. The Kier molecular flexibility index (Phi) is 3.96. The zero-order valence-electron chi connectivity index (χ0n) is 11.8. The molecule has 7 heteroatoms. The molecule has 0 spiro atoms. The van der Waals surface area contributed by atoms with Crippen molar-refractivity contribution < 1.29 is 9.32 Å². The predicted octanol–water partition coefficient (Wildman–Crippen LogP) is 2.26. The molecule has 2 aromatic rings. The summed E-state index contributed by atoms with van der Waals surface area (Å²) in [5.74, 6) is 2.01. The molecule has 0 radical (unpaired) electrons. The van der Waals surface area contributed by atoms with Crippen molar-refractivity contribution in [1.82, 2.24) is 20.0 Å². The fraction of sp³-hybridized carbons (Fsp3) is 0.500. The Balaban J connectivity index is 1.58. The summed E-state index contributed by atoms with van der Waals surface area (Å²) in [6.45, 7) is 0. The van der Waals surface area contributed by atoms with Crippen LogP contribution in [0.1, 0.15) is 36.9 Å². The first-order valence-electron chi connectivity index (χ1n) is 7.01. The fourth-order valence-electron chi connectivity index (χ4n) is 2.39. The van der Waals surface area contributed by atoms with Crippen LogP contribution in [0.25, 0.3) is 0 Å². The quantitative estimate of drug-likeness (QED) is 0.888. The molecule has 0 unspecified atom stereocenters. The van der Waals surface area contributed by atoms with Crippen molar-refractivity contribution in [2.75, 3.05) is 0 Å². The van der Waals surface area contributed by atoms with Gasteiger partial charge in [0.15, 0.2) is 5.15 Å². The maximum Gasteiger partial charge on any atom is 0.221 e. The Morgan fingerprint density at radius 3 is 3.00 bits per heavy atom. The molecule has 1 saturated carbocycles. The van der Waals surface area contributed by atoms with E-state index < -0.39 is 0 Å². The number of rotatable bonds is 6. The van der Waals surface area contributed by atoms with Crippen molar-refractivity contribution in [3.8, 4) is 0 Å². The molecule has 21 heavy (non-hydrogen) atoms. The lowest BCUT2D eigenvalue weighted by Crippen LogP contribution is -2.31. The first kappa shape index (κ1) is 14.1. The molecule has 0 bridgehead atoms. The minimum atomic E-state index is -0.0116. The van der Waals surface area contributed by atoms with E-state index in [1.165, 1.54) is 0 Å². The Morgan fingerprint density at radius 1 is 1.62 bits per heavy atom. The van der Waals surface area contributed by atoms with E-state index in [0.29, 0.717) is 29.7 Å². The number of nitrogens with one attached hydrogen (secondary N) is 1. The van der Waals surface area contributed by atoms with Crippen LogP contribution < -0.4 is 5.32 Å². The van der Waals surface area contributed by atoms with Crippen LogP contribution >= 0.6 is 11.6 Å². The van der Waals surface area contributed by atoms with Crippen molar-refractivity contribution in [2.24, 2.45) is 13.0 Å². The van der Waals surface area contributed by atoms with Gasteiger partial charge in [-0.05, 0) is 18.8 Å². The number of hydrogen-bond acceptors (Lipinski definition) is 4. The first-order valence-corrected chi connectivity index (χ1v) is 7.39. The number of amides is 1. The minimum absolute atomic E-state index is 0.00388. The number of aromatic nitrogens is 3. The van der Waals surface area contributed by atoms with Crippen LogP contribution in [0.3, 0.4) is 0 Å². The third-order valence-electron chi connectivity index (χ3n) is 3.68. The molecule has 1 amide bonds. The third-order valence-corrected chi connectivity index (χ3v) is 3.85. The summed E-state index contributed by atoms with van der Waals surface area (Å²) in [4.78, 5) is 16.5. The second-order valence-electron chi connectivity index (χ2n) is 5.39. The van der Waals surface area contributed by atoms with E-state index in [0.717, 1.165) is 18.7 Å². The van der Waals surface area contributed by atoms with E-state index >= 15 is 0 Å². The Hall–Kier alpha value is -1.82. The van der Waals surface area contributed by atoms with E-state index in [4.69, 9.17) is 16.1 Å². The SMILES string of the molecule is Cn1ccnc1[C@H](NC(=O)CCc1cc(Cl)no1)C1CC1. The van der Waals surface area contributed by atoms with Crippen molar-refractivity contribution in [3.05, 3.63) is 35.2 Å². The molecule has 1 aliphatic carbocycles. The van der Waals surface area contributed by atoms with Crippen molar-refractivity contribution in [3.63, 3.8) is 0 Å². The summed E-state index contributed by atoms with van der Waals surface area (Å²) in [5.41, 5.74) is 0. The number of nitrogens with zero attached hydrogens (tertiary/aromatic N) is 3. The number of imidazole rings is 1. The van der Waals surface area contributed by atoms with Gasteiger partial charge >= 0.3 is 0 Å². The second-order valence-corrected chi connectivity index (χ2v) is 5.78. The molecule has 1 N–H and O–H groups in total. The summed E-state index contributed by atoms with van der Waals surface area (Å²) >= 11 is 5.68. The molecular formula is C14H17ClN4O2. The first-order chi connectivity index (χ1) is 10.1. The van der Waals surface area contributed by atoms with Crippen LogP contribution in [0.15, 0.2) is 23.0 Å². The molecular weight excluding hydrogens is 292 g/mol. The maximum atomic E-state index is 12.1. The molecule has 0 aromatic carbocycles. The molecule has 1 atom stereocenters. The zero-order valence-corrected chi connectivity index (χ0v) is 12.5. The van der Waals surface area contributed by atoms with E-state index in [-0.39, 0.29) is 11.9 Å². The van der Waals surface area contributed by atoms with Crippen molar-refractivity contribution in [2.45, 2.75) is 31.7 Å². The summed E-state index contributed by atoms with van der Waals surface area (Å²) in [6.07, 6.45) is 6.76. The molecule has 0 aliphatic heterocycles. The topological polar surface area (TPSA) is 73.0 Å². The van der Waals surface area contributed by atoms with Gasteiger partial charge in [0, 0.05) is 38.3 Å². The molecule has 1 fully saturated rings. The van der Waals surface area contributed by atoms with Gasteiger partial charge in [-0.1, -0.05) is 16.8 Å². The van der Waals surface area contributed by atoms with Gasteiger partial charge in [-0.15, -0.1) is 0 Å². The number of carbonyl (C=O) groups excluding carboxylic acids is 1. The molecule has 112 valence electrons. The number of aryl methyl sites for hydroxylation is 2. The van der Waals surface area contributed by atoms with Crippen LogP contribution in [0, 0.1) is 5.92 Å². The minimum Gasteiger partial charge on any atom is -0.360 e. The maximum absolute atomic E-state index is 12.1. The summed E-state index contributed by atoms with van der Waals surface area (Å²) in [7, 11) is 1.94. The average molecular weight is 309 g/mol. The van der Waals surface area contributed by atoms with Crippen LogP contribution in [0.4, 0.5) is 0 Å². The number of halogens is 1. The highest BCUT2D eigenvalue weighted by molar-refractivity contribution is 6.29. The van der Waals surface area contributed by atoms with Crippen LogP contribution in [-0.2, 0) is 18.3 Å². The standard InChI is InChI=1S/C14H17ClN4O2/c1-19-7-6-16-14(19)13(9-2-3-9)17-12(20)5-4-10-8-11(15)18-21-10/h6-9,13H,2-5H2,1H3,(H,17,20)/t13-/m1/s1. The van der Waals surface area contributed by atoms with E-state index in [2.05, 4.69) is 15.5 Å². The van der Waals surface area contributed by atoms with Gasteiger partial charge in [0.25, 0.3) is 0 Å². The predicted molar refractivity (Wildman–Crippen MR) is 76.6 cm³/mol. The Labute approximate surface area is 127 Å². The van der Waals surface area contributed by atoms with Gasteiger partial charge in [0.05, 0.1) is 6.04 Å². The second kappa shape index (κ2) is 5.89. The molecule has 1 aliphatic rings. The fourth-order valence-corrected chi connectivity index (χ4v) is 2.54. The van der Waals surface area contributed by atoms with Gasteiger partial charge < -0.3 is 14.4 Å². The van der Waals surface area contributed by atoms with Gasteiger partial charge in [0.1, 0.15) is 11.6 Å². The van der Waals surface area contributed by atoms with Gasteiger partial charge in [-0.3, -0.25) is 4.79 Å². The van der Waals surface area contributed by atoms with Gasteiger partial charge in [0.2, 0.25) is 5.91 Å². The third kappa shape index (κ3) is 3.44. The van der Waals surface area contributed by atoms with E-state index in [1.54, 1.807) is 12.3 Å². The highest BCUT2D eigenvalue weighted by Gasteiger charge is 2.35. The van der Waals surface area contributed by atoms with E-state index in [1.807, 2.05) is 17.8 Å². The molecule has 2 heterocycles. The average Bonchev–Trinajstić information content (AvgIpc) is 3.08. The van der Waals surface area contributed by atoms with Gasteiger partial charge in [-0.2, -0.15) is 0 Å². The summed E-state index contributed by atoms with van der Waals surface area (Å²) in [6, 6.07) is 1.63. The van der Waals surface area contributed by atoms with Crippen LogP contribution in [0.2, 0.25) is 5.15 Å². The van der Waals surface area contributed by atoms with Crippen LogP contribution in [-0.4, -0.2) is 20.6 Å². The number of carbonyl (C=O) groups is 1. The molecule has 6 nitrogen and oxygen atoms in total. The molecule has 2 aromatic heterocycles. The lowest BCUT2D eigenvalue weighted by molar-refractivity contribution is -0.122. The summed E-state index contributed by atoms with van der Waals surface area (Å²) < 4.78 is 6.95. The van der Waals surface area contributed by atoms with Crippen LogP contribution in [0.5, 0.6) is 0 Å². The largest absolute Gasteiger partial charge is 0.360 e. The number of hydrogen-bond donors (Lipinski definition) is 1. The Bertz CT molecular complexity index is 632.